The lowest BCUT2D eigenvalue weighted by atomic mass is 10.3. The summed E-state index contributed by atoms with van der Waals surface area (Å²) in [5.74, 6) is 0. The van der Waals surface area contributed by atoms with E-state index >= 15 is 0 Å². The molecule has 5 nitrogen and oxygen atoms in total. The van der Waals surface area contributed by atoms with E-state index in [-0.39, 0.29) is 6.03 Å². The van der Waals surface area contributed by atoms with Crippen molar-refractivity contribution >= 4 is 17.4 Å². The van der Waals surface area contributed by atoms with Gasteiger partial charge in [0.1, 0.15) is 0 Å². The molecule has 5 heteroatoms. The number of carbonyl (C=O) groups is 1. The van der Waals surface area contributed by atoms with Gasteiger partial charge in [-0.05, 0) is 18.2 Å². The molecule has 0 radical (unpaired) electrons. The van der Waals surface area contributed by atoms with Crippen molar-refractivity contribution in [3.63, 3.8) is 0 Å². The molecule has 0 saturated heterocycles. The Kier molecular flexibility index (Phi) is 3.08. The highest BCUT2D eigenvalue weighted by atomic mass is 16.2. The number of nitrogens with one attached hydrogen (secondary N) is 2. The van der Waals surface area contributed by atoms with Gasteiger partial charge in [-0.2, -0.15) is 10.2 Å². The molecule has 0 aliphatic rings. The third kappa shape index (κ3) is 2.78. The van der Waals surface area contributed by atoms with Gasteiger partial charge in [-0.3, -0.25) is 0 Å². The molecular weight excluding hydrogens is 204 g/mol. The Labute approximate surface area is 92.5 Å². The van der Waals surface area contributed by atoms with Crippen LogP contribution in [0.4, 0.5) is 16.2 Å². The topological polar surface area (TPSA) is 66.9 Å². The SMILES string of the molecule is O=C(Nc1ccccc1)Nc1ccnnc1. The third-order valence-electron chi connectivity index (χ3n) is 1.87. The molecule has 2 N–H and O–H groups in total. The molecule has 0 unspecified atom stereocenters. The van der Waals surface area contributed by atoms with Crippen molar-refractivity contribution in [2.75, 3.05) is 10.6 Å². The van der Waals surface area contributed by atoms with E-state index < -0.39 is 0 Å². The number of aromatic nitrogens is 2. The number of hydrogen-bond acceptors (Lipinski definition) is 3. The first-order chi connectivity index (χ1) is 7.84. The molecule has 0 aliphatic heterocycles. The average Bonchev–Trinajstić information content (AvgIpc) is 2.31. The number of para-hydroxylation sites is 1. The number of amides is 2. The van der Waals surface area contributed by atoms with Crippen LogP contribution in [0.15, 0.2) is 48.8 Å². The minimum absolute atomic E-state index is 0.306. The van der Waals surface area contributed by atoms with Crippen LogP contribution in [0.3, 0.4) is 0 Å². The molecule has 0 saturated carbocycles. The van der Waals surface area contributed by atoms with Gasteiger partial charge in [0.15, 0.2) is 0 Å². The van der Waals surface area contributed by atoms with Crippen molar-refractivity contribution < 1.29 is 4.79 Å². The van der Waals surface area contributed by atoms with Crippen molar-refractivity contribution in [3.05, 3.63) is 48.8 Å². The molecule has 2 aromatic rings. The highest BCUT2D eigenvalue weighted by Gasteiger charge is 2.01. The highest BCUT2D eigenvalue weighted by molar-refractivity contribution is 5.99. The molecule has 2 amide bonds. The summed E-state index contributed by atoms with van der Waals surface area (Å²) < 4.78 is 0. The van der Waals surface area contributed by atoms with Crippen LogP contribution in [0.5, 0.6) is 0 Å². The first-order valence-electron chi connectivity index (χ1n) is 4.74. The van der Waals surface area contributed by atoms with Crippen LogP contribution in [0.1, 0.15) is 0 Å². The van der Waals surface area contributed by atoms with Crippen LogP contribution in [-0.2, 0) is 0 Å². The summed E-state index contributed by atoms with van der Waals surface area (Å²) in [6.45, 7) is 0. The van der Waals surface area contributed by atoms with Crippen LogP contribution in [0.25, 0.3) is 0 Å². The summed E-state index contributed by atoms with van der Waals surface area (Å²) in [5, 5.41) is 12.6. The molecular formula is C11H10N4O. The van der Waals surface area contributed by atoms with E-state index in [1.165, 1.54) is 12.4 Å². The van der Waals surface area contributed by atoms with Crippen LogP contribution >= 0.6 is 0 Å². The molecule has 1 aromatic heterocycles. The van der Waals surface area contributed by atoms with Gasteiger partial charge in [-0.1, -0.05) is 18.2 Å². The molecule has 0 fully saturated rings. The highest BCUT2D eigenvalue weighted by Crippen LogP contribution is 2.06. The fourth-order valence-corrected chi connectivity index (χ4v) is 1.18. The molecule has 0 spiro atoms. The van der Waals surface area contributed by atoms with Gasteiger partial charge in [0.2, 0.25) is 0 Å². The number of rotatable bonds is 2. The number of benzene rings is 1. The summed E-state index contributed by atoms with van der Waals surface area (Å²) in [7, 11) is 0. The fraction of sp³-hybridized carbons (Fsp3) is 0. The van der Waals surface area contributed by atoms with E-state index in [4.69, 9.17) is 0 Å². The summed E-state index contributed by atoms with van der Waals surface area (Å²) in [4.78, 5) is 11.5. The maximum atomic E-state index is 11.5. The second-order valence-electron chi connectivity index (χ2n) is 3.08. The maximum Gasteiger partial charge on any atom is 0.323 e. The van der Waals surface area contributed by atoms with Crippen LogP contribution in [0, 0.1) is 0 Å². The molecule has 2 rings (SSSR count). The minimum Gasteiger partial charge on any atom is -0.308 e. The van der Waals surface area contributed by atoms with Crippen molar-refractivity contribution in [3.8, 4) is 0 Å². The first-order valence-corrected chi connectivity index (χ1v) is 4.74. The Morgan fingerprint density at radius 1 is 0.938 bits per heavy atom. The lowest BCUT2D eigenvalue weighted by molar-refractivity contribution is 0.262. The fourth-order valence-electron chi connectivity index (χ4n) is 1.18. The molecule has 1 heterocycles. The zero-order chi connectivity index (χ0) is 11.2. The Morgan fingerprint density at radius 2 is 1.69 bits per heavy atom. The standard InChI is InChI=1S/C11H10N4O/c16-11(14-9-4-2-1-3-5-9)15-10-6-7-12-13-8-10/h1-8H,(H2,12,14,15,16). The first kappa shape index (κ1) is 10.1. The number of carbonyl (C=O) groups excluding carboxylic acids is 1. The van der Waals surface area contributed by atoms with Crippen LogP contribution in [-0.4, -0.2) is 16.2 Å². The van der Waals surface area contributed by atoms with E-state index in [0.717, 1.165) is 5.69 Å². The average molecular weight is 214 g/mol. The van der Waals surface area contributed by atoms with E-state index in [1.807, 2.05) is 30.3 Å². The predicted molar refractivity (Wildman–Crippen MR) is 61.1 cm³/mol. The molecule has 80 valence electrons. The van der Waals surface area contributed by atoms with Crippen molar-refractivity contribution in [1.29, 1.82) is 0 Å². The molecule has 0 bridgehead atoms. The van der Waals surface area contributed by atoms with E-state index in [0.29, 0.717) is 5.69 Å². The minimum atomic E-state index is -0.306. The van der Waals surface area contributed by atoms with Gasteiger partial charge in [0.25, 0.3) is 0 Å². The molecule has 1 aromatic carbocycles. The van der Waals surface area contributed by atoms with Crippen molar-refractivity contribution in [2.24, 2.45) is 0 Å². The van der Waals surface area contributed by atoms with Crippen LogP contribution < -0.4 is 10.6 Å². The zero-order valence-corrected chi connectivity index (χ0v) is 8.42. The lowest BCUT2D eigenvalue weighted by Gasteiger charge is -2.06. The zero-order valence-electron chi connectivity index (χ0n) is 8.42. The second-order valence-corrected chi connectivity index (χ2v) is 3.08. The van der Waals surface area contributed by atoms with Crippen molar-refractivity contribution in [2.45, 2.75) is 0 Å². The van der Waals surface area contributed by atoms with Gasteiger partial charge >= 0.3 is 6.03 Å². The summed E-state index contributed by atoms with van der Waals surface area (Å²) in [5.41, 5.74) is 1.34. The number of anilines is 2. The van der Waals surface area contributed by atoms with Gasteiger partial charge in [-0.15, -0.1) is 0 Å². The lowest BCUT2D eigenvalue weighted by Crippen LogP contribution is -2.19. The predicted octanol–water partition coefficient (Wildman–Crippen LogP) is 2.12. The molecule has 16 heavy (non-hydrogen) atoms. The van der Waals surface area contributed by atoms with Gasteiger partial charge in [-0.25, -0.2) is 4.79 Å². The summed E-state index contributed by atoms with van der Waals surface area (Å²) in [6, 6.07) is 10.6. The molecule has 0 atom stereocenters. The van der Waals surface area contributed by atoms with Gasteiger partial charge in [0.05, 0.1) is 18.1 Å². The largest absolute Gasteiger partial charge is 0.323 e. The van der Waals surface area contributed by atoms with E-state index in [1.54, 1.807) is 6.07 Å². The Morgan fingerprint density at radius 3 is 2.38 bits per heavy atom. The summed E-state index contributed by atoms with van der Waals surface area (Å²) in [6.07, 6.45) is 2.99. The number of nitrogens with zero attached hydrogens (tertiary/aromatic N) is 2. The van der Waals surface area contributed by atoms with Gasteiger partial charge in [0, 0.05) is 5.69 Å². The third-order valence-corrected chi connectivity index (χ3v) is 1.87. The van der Waals surface area contributed by atoms with E-state index in [9.17, 15) is 4.79 Å². The second kappa shape index (κ2) is 4.88. The maximum absolute atomic E-state index is 11.5. The normalized spacial score (nSPS) is 9.50. The Balaban J connectivity index is 1.95. The Hall–Kier alpha value is -2.43. The molecule has 0 aliphatic carbocycles. The number of hydrogen-bond donors (Lipinski definition) is 2. The Bertz CT molecular complexity index is 414. The smallest absolute Gasteiger partial charge is 0.308 e. The monoisotopic (exact) mass is 214 g/mol. The van der Waals surface area contributed by atoms with E-state index in [2.05, 4.69) is 20.8 Å². The number of urea groups is 1. The van der Waals surface area contributed by atoms with Crippen LogP contribution in [0.2, 0.25) is 0 Å². The van der Waals surface area contributed by atoms with Crippen molar-refractivity contribution in [1.82, 2.24) is 10.2 Å². The quantitative estimate of drug-likeness (QED) is 0.804. The van der Waals surface area contributed by atoms with Gasteiger partial charge < -0.3 is 10.6 Å². The summed E-state index contributed by atoms with van der Waals surface area (Å²) >= 11 is 0.